The van der Waals surface area contributed by atoms with Gasteiger partial charge in [-0.1, -0.05) is 0 Å². The summed E-state index contributed by atoms with van der Waals surface area (Å²) in [6.45, 7) is 3.83. The Bertz CT molecular complexity index is 862. The molecule has 0 aliphatic carbocycles. The van der Waals surface area contributed by atoms with E-state index in [0.29, 0.717) is 29.4 Å². The average molecular weight is 401 g/mol. The van der Waals surface area contributed by atoms with Gasteiger partial charge in [-0.2, -0.15) is 0 Å². The minimum atomic E-state index is -0.667. The van der Waals surface area contributed by atoms with Gasteiger partial charge in [0.1, 0.15) is 0 Å². The molecular formula is C21H23NO7. The molecule has 8 nitrogen and oxygen atoms in total. The van der Waals surface area contributed by atoms with Crippen LogP contribution in [0.15, 0.2) is 42.5 Å². The van der Waals surface area contributed by atoms with Gasteiger partial charge >= 0.3 is 11.9 Å². The summed E-state index contributed by atoms with van der Waals surface area (Å²) in [6, 6.07) is 10.8. The standard InChI is InChI=1S/C21H23NO7/c1-4-27-17-11-8-15(12-18(17)26-3)21(25)29-13-19(23)22-16-9-6-14(7-10-16)20(24)28-5-2/h6-12H,4-5,13H2,1-3H3,(H,22,23). The van der Waals surface area contributed by atoms with Crippen molar-refractivity contribution in [2.45, 2.75) is 13.8 Å². The molecule has 0 radical (unpaired) electrons. The van der Waals surface area contributed by atoms with Crippen LogP contribution in [0.5, 0.6) is 11.5 Å². The highest BCUT2D eigenvalue weighted by Gasteiger charge is 2.14. The van der Waals surface area contributed by atoms with Crippen molar-refractivity contribution in [3.8, 4) is 11.5 Å². The third kappa shape index (κ3) is 6.24. The lowest BCUT2D eigenvalue weighted by molar-refractivity contribution is -0.119. The smallest absolute Gasteiger partial charge is 0.338 e. The monoisotopic (exact) mass is 401 g/mol. The van der Waals surface area contributed by atoms with Crippen molar-refractivity contribution >= 4 is 23.5 Å². The Morgan fingerprint density at radius 2 is 1.48 bits per heavy atom. The molecule has 154 valence electrons. The normalized spacial score (nSPS) is 10.0. The molecule has 0 saturated heterocycles. The van der Waals surface area contributed by atoms with Crippen molar-refractivity contribution in [2.24, 2.45) is 0 Å². The molecular weight excluding hydrogens is 378 g/mol. The van der Waals surface area contributed by atoms with Gasteiger partial charge in [-0.15, -0.1) is 0 Å². The SMILES string of the molecule is CCOC(=O)c1ccc(NC(=O)COC(=O)c2ccc(OCC)c(OC)c2)cc1. The van der Waals surface area contributed by atoms with Gasteiger partial charge in [0.2, 0.25) is 0 Å². The van der Waals surface area contributed by atoms with Gasteiger partial charge in [-0.05, 0) is 56.3 Å². The Labute approximate surface area is 168 Å². The van der Waals surface area contributed by atoms with Crippen LogP contribution in [0.4, 0.5) is 5.69 Å². The minimum absolute atomic E-state index is 0.233. The van der Waals surface area contributed by atoms with E-state index in [9.17, 15) is 14.4 Å². The summed E-state index contributed by atoms with van der Waals surface area (Å²) in [5.74, 6) is -0.715. The molecule has 1 N–H and O–H groups in total. The molecule has 0 aliphatic rings. The summed E-state index contributed by atoms with van der Waals surface area (Å²) in [7, 11) is 1.47. The lowest BCUT2D eigenvalue weighted by Crippen LogP contribution is -2.21. The van der Waals surface area contributed by atoms with Crippen LogP contribution in [-0.4, -0.2) is 44.8 Å². The summed E-state index contributed by atoms with van der Waals surface area (Å²) < 4.78 is 20.5. The number of rotatable bonds is 9. The fraction of sp³-hybridized carbons (Fsp3) is 0.286. The van der Waals surface area contributed by atoms with Gasteiger partial charge in [0, 0.05) is 5.69 Å². The third-order valence-electron chi connectivity index (χ3n) is 3.71. The summed E-state index contributed by atoms with van der Waals surface area (Å²) >= 11 is 0. The van der Waals surface area contributed by atoms with Crippen LogP contribution in [0, 0.1) is 0 Å². The van der Waals surface area contributed by atoms with E-state index in [-0.39, 0.29) is 12.2 Å². The Balaban J connectivity index is 1.90. The predicted octanol–water partition coefficient (Wildman–Crippen LogP) is 3.07. The number of hydrogen-bond acceptors (Lipinski definition) is 7. The number of esters is 2. The van der Waals surface area contributed by atoms with Crippen LogP contribution in [-0.2, 0) is 14.3 Å². The minimum Gasteiger partial charge on any atom is -0.493 e. The molecule has 0 aromatic heterocycles. The number of ether oxygens (including phenoxy) is 4. The maximum absolute atomic E-state index is 12.2. The number of hydrogen-bond donors (Lipinski definition) is 1. The zero-order valence-corrected chi connectivity index (χ0v) is 16.5. The Morgan fingerprint density at radius 1 is 0.828 bits per heavy atom. The Kier molecular flexibility index (Phi) is 8.02. The molecule has 0 atom stereocenters. The lowest BCUT2D eigenvalue weighted by Gasteiger charge is -2.11. The first kappa shape index (κ1) is 21.7. The molecule has 0 bridgehead atoms. The van der Waals surface area contributed by atoms with Crippen LogP contribution < -0.4 is 14.8 Å². The molecule has 2 aromatic rings. The van der Waals surface area contributed by atoms with Gasteiger partial charge in [0.05, 0.1) is 31.5 Å². The van der Waals surface area contributed by atoms with Gasteiger partial charge < -0.3 is 24.3 Å². The number of benzene rings is 2. The summed E-state index contributed by atoms with van der Waals surface area (Å²) in [5, 5.41) is 2.58. The van der Waals surface area contributed by atoms with Crippen molar-refractivity contribution in [3.05, 3.63) is 53.6 Å². The molecule has 29 heavy (non-hydrogen) atoms. The Morgan fingerprint density at radius 3 is 2.10 bits per heavy atom. The zero-order chi connectivity index (χ0) is 21.2. The maximum atomic E-state index is 12.2. The summed E-state index contributed by atoms with van der Waals surface area (Å²) in [6.07, 6.45) is 0. The van der Waals surface area contributed by atoms with Gasteiger partial charge in [-0.25, -0.2) is 9.59 Å². The first-order valence-corrected chi connectivity index (χ1v) is 9.03. The maximum Gasteiger partial charge on any atom is 0.338 e. The summed E-state index contributed by atoms with van der Waals surface area (Å²) in [4.78, 5) is 35.8. The van der Waals surface area contributed by atoms with Gasteiger partial charge in [-0.3, -0.25) is 4.79 Å². The van der Waals surface area contributed by atoms with Crippen molar-refractivity contribution in [2.75, 3.05) is 32.2 Å². The Hall–Kier alpha value is -3.55. The van der Waals surface area contributed by atoms with Crippen LogP contribution in [0.3, 0.4) is 0 Å². The highest BCUT2D eigenvalue weighted by molar-refractivity contribution is 5.96. The van der Waals surface area contributed by atoms with Crippen molar-refractivity contribution < 1.29 is 33.3 Å². The molecule has 2 rings (SSSR count). The van der Waals surface area contributed by atoms with E-state index in [4.69, 9.17) is 18.9 Å². The van der Waals surface area contributed by atoms with Gasteiger partial charge in [0.15, 0.2) is 18.1 Å². The van der Waals surface area contributed by atoms with E-state index in [2.05, 4.69) is 5.32 Å². The number of carbonyl (C=O) groups is 3. The third-order valence-corrected chi connectivity index (χ3v) is 3.71. The predicted molar refractivity (Wildman–Crippen MR) is 105 cm³/mol. The second kappa shape index (κ2) is 10.7. The highest BCUT2D eigenvalue weighted by Crippen LogP contribution is 2.28. The van der Waals surface area contributed by atoms with E-state index in [1.165, 1.54) is 31.4 Å². The second-order valence-electron chi connectivity index (χ2n) is 5.72. The largest absolute Gasteiger partial charge is 0.493 e. The molecule has 2 aromatic carbocycles. The number of methoxy groups -OCH3 is 1. The average Bonchev–Trinajstić information content (AvgIpc) is 2.73. The van der Waals surface area contributed by atoms with Crippen LogP contribution >= 0.6 is 0 Å². The lowest BCUT2D eigenvalue weighted by atomic mass is 10.2. The second-order valence-corrected chi connectivity index (χ2v) is 5.72. The van der Waals surface area contributed by atoms with E-state index < -0.39 is 24.5 Å². The van der Waals surface area contributed by atoms with E-state index in [0.717, 1.165) is 0 Å². The quantitative estimate of drug-likeness (QED) is 0.645. The van der Waals surface area contributed by atoms with E-state index >= 15 is 0 Å². The molecule has 0 saturated carbocycles. The van der Waals surface area contributed by atoms with Gasteiger partial charge in [0.25, 0.3) is 5.91 Å². The summed E-state index contributed by atoms with van der Waals surface area (Å²) in [5.41, 5.74) is 1.07. The number of nitrogens with one attached hydrogen (secondary N) is 1. The molecule has 1 amide bonds. The van der Waals surface area contributed by atoms with E-state index in [1.54, 1.807) is 25.1 Å². The van der Waals surface area contributed by atoms with E-state index in [1.807, 2.05) is 6.92 Å². The van der Waals surface area contributed by atoms with Crippen LogP contribution in [0.2, 0.25) is 0 Å². The van der Waals surface area contributed by atoms with Crippen LogP contribution in [0.25, 0.3) is 0 Å². The first-order chi connectivity index (χ1) is 14.0. The first-order valence-electron chi connectivity index (χ1n) is 9.03. The molecule has 0 unspecified atom stereocenters. The number of carbonyl (C=O) groups excluding carboxylic acids is 3. The molecule has 0 heterocycles. The number of anilines is 1. The fourth-order valence-electron chi connectivity index (χ4n) is 2.38. The van der Waals surface area contributed by atoms with Crippen molar-refractivity contribution in [3.63, 3.8) is 0 Å². The topological polar surface area (TPSA) is 100 Å². The fourth-order valence-corrected chi connectivity index (χ4v) is 2.38. The molecule has 0 spiro atoms. The van der Waals surface area contributed by atoms with Crippen molar-refractivity contribution in [1.82, 2.24) is 0 Å². The van der Waals surface area contributed by atoms with Crippen LogP contribution in [0.1, 0.15) is 34.6 Å². The zero-order valence-electron chi connectivity index (χ0n) is 16.5. The molecule has 0 aliphatic heterocycles. The molecule has 8 heteroatoms. The van der Waals surface area contributed by atoms with Crippen molar-refractivity contribution in [1.29, 1.82) is 0 Å². The highest BCUT2D eigenvalue weighted by atomic mass is 16.5. The molecule has 0 fully saturated rings. The number of amides is 1.